The van der Waals surface area contributed by atoms with Gasteiger partial charge in [0.25, 0.3) is 0 Å². The number of unbranched alkanes of at least 4 members (excludes halogenated alkanes) is 3. The lowest BCUT2D eigenvalue weighted by Crippen LogP contribution is -2.42. The molecule has 0 radical (unpaired) electrons. The third-order valence-corrected chi connectivity index (χ3v) is 6.74. The highest BCUT2D eigenvalue weighted by Crippen LogP contribution is 2.42. The van der Waals surface area contributed by atoms with Gasteiger partial charge in [-0.15, -0.1) is 0 Å². The normalized spacial score (nSPS) is 17.8. The van der Waals surface area contributed by atoms with Gasteiger partial charge in [-0.1, -0.05) is 81.5 Å². The van der Waals surface area contributed by atoms with Crippen molar-refractivity contribution in [2.45, 2.75) is 76.7 Å². The molecule has 0 aliphatic carbocycles. The number of likely N-dealkylation sites (tertiary alicyclic amines) is 1. The van der Waals surface area contributed by atoms with Crippen LogP contribution < -0.4 is 4.74 Å². The third-order valence-electron chi connectivity index (χ3n) is 6.74. The zero-order valence-electron chi connectivity index (χ0n) is 19.6. The SMILES string of the molecule is CCCCCC[C@](O)(c1ccc(OCC)cc1)[C@H](CN1CCCCC1)c1ccccc1. The molecule has 2 aromatic carbocycles. The molecule has 1 aliphatic rings. The number of hydrogen-bond acceptors (Lipinski definition) is 3. The molecule has 1 heterocycles. The Kier molecular flexibility index (Phi) is 9.42. The van der Waals surface area contributed by atoms with Crippen molar-refractivity contribution in [3.63, 3.8) is 0 Å². The van der Waals surface area contributed by atoms with E-state index < -0.39 is 5.60 Å². The first-order valence-corrected chi connectivity index (χ1v) is 12.4. The number of piperidine rings is 1. The molecule has 0 unspecified atom stereocenters. The second kappa shape index (κ2) is 12.3. The van der Waals surface area contributed by atoms with E-state index in [1.165, 1.54) is 44.1 Å². The molecule has 3 rings (SSSR count). The zero-order valence-corrected chi connectivity index (χ0v) is 19.6. The van der Waals surface area contributed by atoms with Crippen LogP contribution in [0.2, 0.25) is 0 Å². The number of benzene rings is 2. The fourth-order valence-corrected chi connectivity index (χ4v) is 4.97. The molecular formula is C28H41NO2. The van der Waals surface area contributed by atoms with Crippen LogP contribution in [0.25, 0.3) is 0 Å². The second-order valence-electron chi connectivity index (χ2n) is 9.02. The summed E-state index contributed by atoms with van der Waals surface area (Å²) < 4.78 is 5.66. The summed E-state index contributed by atoms with van der Waals surface area (Å²) in [6.45, 7) is 8.07. The Labute approximate surface area is 189 Å². The van der Waals surface area contributed by atoms with Gasteiger partial charge < -0.3 is 14.7 Å². The smallest absolute Gasteiger partial charge is 0.119 e. The molecule has 0 aromatic heterocycles. The maximum absolute atomic E-state index is 12.4. The monoisotopic (exact) mass is 423 g/mol. The maximum Gasteiger partial charge on any atom is 0.119 e. The van der Waals surface area contributed by atoms with Gasteiger partial charge in [0.2, 0.25) is 0 Å². The molecule has 1 aliphatic heterocycles. The van der Waals surface area contributed by atoms with Crippen molar-refractivity contribution < 1.29 is 9.84 Å². The van der Waals surface area contributed by atoms with Crippen LogP contribution in [0.4, 0.5) is 0 Å². The van der Waals surface area contributed by atoms with E-state index >= 15 is 0 Å². The van der Waals surface area contributed by atoms with Gasteiger partial charge in [-0.3, -0.25) is 0 Å². The molecule has 3 heteroatoms. The van der Waals surface area contributed by atoms with Gasteiger partial charge in [-0.2, -0.15) is 0 Å². The molecule has 0 spiro atoms. The summed E-state index contributed by atoms with van der Waals surface area (Å²) in [7, 11) is 0. The van der Waals surface area contributed by atoms with Gasteiger partial charge in [0.1, 0.15) is 5.75 Å². The number of hydrogen-bond donors (Lipinski definition) is 1. The lowest BCUT2D eigenvalue weighted by atomic mass is 9.73. The summed E-state index contributed by atoms with van der Waals surface area (Å²) in [5.74, 6) is 0.915. The van der Waals surface area contributed by atoms with E-state index in [4.69, 9.17) is 4.74 Å². The van der Waals surface area contributed by atoms with Crippen LogP contribution in [-0.2, 0) is 5.60 Å². The topological polar surface area (TPSA) is 32.7 Å². The first-order valence-electron chi connectivity index (χ1n) is 12.4. The summed E-state index contributed by atoms with van der Waals surface area (Å²) in [6, 6.07) is 18.9. The van der Waals surface area contributed by atoms with Crippen LogP contribution in [-0.4, -0.2) is 36.2 Å². The van der Waals surface area contributed by atoms with Gasteiger partial charge in [0.05, 0.1) is 12.2 Å². The van der Waals surface area contributed by atoms with Crippen molar-refractivity contribution in [3.05, 3.63) is 65.7 Å². The molecule has 31 heavy (non-hydrogen) atoms. The molecule has 1 saturated heterocycles. The molecule has 0 amide bonds. The minimum absolute atomic E-state index is 0.0476. The number of nitrogens with zero attached hydrogens (tertiary/aromatic N) is 1. The molecule has 1 N–H and O–H groups in total. The standard InChI is InChI=1S/C28H41NO2/c1-3-5-6-11-20-28(30,25-16-18-26(19-17-25)31-4-2)27(24-14-9-7-10-15-24)23-29-21-12-8-13-22-29/h7,9-10,14-19,27,30H,3-6,8,11-13,20-23H2,1-2H3/t27-,28+/m1/s1. The van der Waals surface area contributed by atoms with Crippen LogP contribution in [0, 0.1) is 0 Å². The molecule has 0 saturated carbocycles. The molecule has 2 aromatic rings. The third kappa shape index (κ3) is 6.57. The van der Waals surface area contributed by atoms with Gasteiger partial charge in [-0.05, 0) is 62.5 Å². The Hall–Kier alpha value is -1.84. The van der Waals surface area contributed by atoms with Crippen molar-refractivity contribution in [1.82, 2.24) is 4.90 Å². The van der Waals surface area contributed by atoms with E-state index in [1.54, 1.807) is 0 Å². The fourth-order valence-electron chi connectivity index (χ4n) is 4.97. The summed E-state index contributed by atoms with van der Waals surface area (Å²) in [5.41, 5.74) is 1.36. The summed E-state index contributed by atoms with van der Waals surface area (Å²) in [6.07, 6.45) is 9.28. The predicted octanol–water partition coefficient (Wildman–Crippen LogP) is 6.51. The minimum Gasteiger partial charge on any atom is -0.494 e. The molecule has 0 bridgehead atoms. The number of aliphatic hydroxyl groups is 1. The average molecular weight is 424 g/mol. The second-order valence-corrected chi connectivity index (χ2v) is 9.02. The van der Waals surface area contributed by atoms with E-state index in [1.807, 2.05) is 19.1 Å². The molecule has 2 atom stereocenters. The lowest BCUT2D eigenvalue weighted by Gasteiger charge is -2.41. The Balaban J connectivity index is 1.94. The first kappa shape index (κ1) is 23.8. The van der Waals surface area contributed by atoms with E-state index in [2.05, 4.69) is 54.3 Å². The Morgan fingerprint density at radius 3 is 2.26 bits per heavy atom. The highest BCUT2D eigenvalue weighted by molar-refractivity contribution is 5.35. The Morgan fingerprint density at radius 2 is 1.61 bits per heavy atom. The predicted molar refractivity (Wildman–Crippen MR) is 130 cm³/mol. The highest BCUT2D eigenvalue weighted by Gasteiger charge is 2.40. The fraction of sp³-hybridized carbons (Fsp3) is 0.571. The van der Waals surface area contributed by atoms with Gasteiger partial charge in [0, 0.05) is 12.5 Å². The zero-order chi connectivity index (χ0) is 21.9. The Morgan fingerprint density at radius 1 is 0.903 bits per heavy atom. The van der Waals surface area contributed by atoms with E-state index in [9.17, 15) is 5.11 Å². The van der Waals surface area contributed by atoms with Gasteiger partial charge >= 0.3 is 0 Å². The van der Waals surface area contributed by atoms with Crippen LogP contribution in [0.1, 0.15) is 82.3 Å². The van der Waals surface area contributed by atoms with E-state index in [-0.39, 0.29) is 5.92 Å². The average Bonchev–Trinajstić information content (AvgIpc) is 2.82. The molecule has 170 valence electrons. The number of ether oxygens (including phenoxy) is 1. The van der Waals surface area contributed by atoms with Gasteiger partial charge in [-0.25, -0.2) is 0 Å². The Bertz CT molecular complexity index is 739. The van der Waals surface area contributed by atoms with Crippen LogP contribution in [0.3, 0.4) is 0 Å². The largest absolute Gasteiger partial charge is 0.494 e. The lowest BCUT2D eigenvalue weighted by molar-refractivity contribution is -0.0167. The van der Waals surface area contributed by atoms with Crippen molar-refractivity contribution in [2.75, 3.05) is 26.2 Å². The van der Waals surface area contributed by atoms with Crippen molar-refractivity contribution in [1.29, 1.82) is 0 Å². The maximum atomic E-state index is 12.4. The highest BCUT2D eigenvalue weighted by atomic mass is 16.5. The summed E-state index contributed by atoms with van der Waals surface area (Å²) in [5, 5.41) is 12.4. The first-order chi connectivity index (χ1) is 15.2. The van der Waals surface area contributed by atoms with Crippen LogP contribution in [0.5, 0.6) is 5.75 Å². The molecular weight excluding hydrogens is 382 g/mol. The number of rotatable bonds is 12. The summed E-state index contributed by atoms with van der Waals surface area (Å²) in [4.78, 5) is 2.56. The van der Waals surface area contributed by atoms with Crippen molar-refractivity contribution in [2.24, 2.45) is 0 Å². The quantitative estimate of drug-likeness (QED) is 0.395. The van der Waals surface area contributed by atoms with Crippen LogP contribution in [0.15, 0.2) is 54.6 Å². The van der Waals surface area contributed by atoms with Gasteiger partial charge in [0.15, 0.2) is 0 Å². The molecule has 3 nitrogen and oxygen atoms in total. The summed E-state index contributed by atoms with van der Waals surface area (Å²) >= 11 is 0. The minimum atomic E-state index is -0.892. The molecule has 1 fully saturated rings. The van der Waals surface area contributed by atoms with Crippen molar-refractivity contribution >= 4 is 0 Å². The van der Waals surface area contributed by atoms with E-state index in [0.717, 1.165) is 43.8 Å². The van der Waals surface area contributed by atoms with E-state index in [0.29, 0.717) is 6.61 Å². The van der Waals surface area contributed by atoms with Crippen LogP contribution >= 0.6 is 0 Å². The van der Waals surface area contributed by atoms with Crippen molar-refractivity contribution in [3.8, 4) is 5.75 Å².